The third-order valence-corrected chi connectivity index (χ3v) is 8.81. The molecule has 2 heteroatoms. The lowest BCUT2D eigenvalue weighted by Crippen LogP contribution is -2.25. The molecule has 1 fully saturated rings. The van der Waals surface area contributed by atoms with Crippen molar-refractivity contribution in [3.63, 3.8) is 0 Å². The summed E-state index contributed by atoms with van der Waals surface area (Å²) in [5.74, 6) is -1.10. The molecule has 0 bridgehead atoms. The minimum Gasteiger partial charge on any atom is -0.204 e. The number of hydrogen-bond donors (Lipinski definition) is 0. The maximum absolute atomic E-state index is 14.1. The predicted molar refractivity (Wildman–Crippen MR) is 142 cm³/mol. The highest BCUT2D eigenvalue weighted by Crippen LogP contribution is 2.47. The molecule has 1 saturated carbocycles. The monoisotopic (exact) mass is 472 g/mol. The number of rotatable bonds is 15. The molecule has 0 radical (unpaired) electrons. The van der Waals surface area contributed by atoms with Gasteiger partial charge in [-0.05, 0) is 93.2 Å². The first-order valence-electron chi connectivity index (χ1n) is 14.7. The molecule has 1 aromatic carbocycles. The summed E-state index contributed by atoms with van der Waals surface area (Å²) in [5.41, 5.74) is 3.03. The Morgan fingerprint density at radius 1 is 0.794 bits per heavy atom. The molecule has 0 saturated heterocycles. The Morgan fingerprint density at radius 2 is 1.53 bits per heavy atom. The number of benzene rings is 1. The minimum atomic E-state index is -0.724. The van der Waals surface area contributed by atoms with E-state index in [1.54, 1.807) is 5.57 Å². The summed E-state index contributed by atoms with van der Waals surface area (Å²) in [5, 5.41) is 0. The van der Waals surface area contributed by atoms with Gasteiger partial charge in [0.15, 0.2) is 11.6 Å². The van der Waals surface area contributed by atoms with Gasteiger partial charge in [-0.15, -0.1) is 0 Å². The highest BCUT2D eigenvalue weighted by molar-refractivity contribution is 5.24. The first-order valence-corrected chi connectivity index (χ1v) is 14.7. The Morgan fingerprint density at radius 3 is 2.21 bits per heavy atom. The van der Waals surface area contributed by atoms with Gasteiger partial charge in [-0.3, -0.25) is 0 Å². The van der Waals surface area contributed by atoms with Crippen LogP contribution in [-0.2, 0) is 0 Å². The topological polar surface area (TPSA) is 0 Å². The lowest BCUT2D eigenvalue weighted by molar-refractivity contribution is 0.144. The zero-order valence-electron chi connectivity index (χ0n) is 22.0. The molecule has 2 aliphatic rings. The van der Waals surface area contributed by atoms with Gasteiger partial charge in [-0.25, -0.2) is 8.78 Å². The molecule has 1 unspecified atom stereocenters. The molecule has 0 heterocycles. The van der Waals surface area contributed by atoms with Crippen molar-refractivity contribution >= 4 is 0 Å². The smallest absolute Gasteiger partial charge is 0.159 e. The van der Waals surface area contributed by atoms with E-state index in [0.717, 1.165) is 18.4 Å². The molecular formula is C32H50F2. The summed E-state index contributed by atoms with van der Waals surface area (Å²) < 4.78 is 27.8. The van der Waals surface area contributed by atoms with Gasteiger partial charge >= 0.3 is 0 Å². The van der Waals surface area contributed by atoms with Gasteiger partial charge in [0.1, 0.15) is 0 Å². The Bertz CT molecular complexity index is 729. The minimum absolute atomic E-state index is 0.316. The molecule has 0 nitrogen and oxygen atoms in total. The Balaban J connectivity index is 1.58. The van der Waals surface area contributed by atoms with Crippen LogP contribution < -0.4 is 0 Å². The van der Waals surface area contributed by atoms with Crippen molar-refractivity contribution < 1.29 is 8.78 Å². The average molecular weight is 473 g/mol. The zero-order chi connectivity index (χ0) is 24.1. The second-order valence-electron chi connectivity index (χ2n) is 11.5. The fourth-order valence-corrected chi connectivity index (χ4v) is 6.60. The zero-order valence-corrected chi connectivity index (χ0v) is 22.0. The molecule has 2 aliphatic carbocycles. The van der Waals surface area contributed by atoms with Gasteiger partial charge in [-0.1, -0.05) is 95.3 Å². The third kappa shape index (κ3) is 9.12. The molecule has 0 aromatic heterocycles. The molecule has 34 heavy (non-hydrogen) atoms. The van der Waals surface area contributed by atoms with E-state index in [0.29, 0.717) is 11.3 Å². The number of hydrogen-bond acceptors (Lipinski definition) is 0. The summed E-state index contributed by atoms with van der Waals surface area (Å²) in [6.45, 7) is 2.28. The molecule has 192 valence electrons. The molecular weight excluding hydrogens is 422 g/mol. The average Bonchev–Trinajstić information content (AvgIpc) is 2.86. The molecule has 0 N–H and O–H groups in total. The van der Waals surface area contributed by atoms with Gasteiger partial charge in [-0.2, -0.15) is 0 Å². The standard InChI is InChI=1S/C32H50F2/c1-2-3-4-5-6-7-8-13-21-32(22-14-10-15-23-32)24-20-29(25-27-16-11-9-12-17-27)28-18-19-30(33)31(34)26-28/h16,18-19,26,29H,2-15,17,20-25H2,1H3. The Labute approximate surface area is 209 Å². The summed E-state index contributed by atoms with van der Waals surface area (Å²) >= 11 is 0. The molecule has 1 aromatic rings. The van der Waals surface area contributed by atoms with E-state index in [1.807, 2.05) is 6.07 Å². The first-order chi connectivity index (χ1) is 16.6. The molecule has 3 rings (SSSR count). The molecule has 1 atom stereocenters. The van der Waals surface area contributed by atoms with E-state index < -0.39 is 11.6 Å². The van der Waals surface area contributed by atoms with E-state index in [4.69, 9.17) is 0 Å². The Hall–Kier alpha value is -1.18. The van der Waals surface area contributed by atoms with Crippen LogP contribution >= 0.6 is 0 Å². The van der Waals surface area contributed by atoms with Crippen molar-refractivity contribution in [2.45, 2.75) is 148 Å². The summed E-state index contributed by atoms with van der Waals surface area (Å²) in [6.07, 6.45) is 30.1. The molecule has 0 spiro atoms. The lowest BCUT2D eigenvalue weighted by atomic mass is 9.66. The SMILES string of the molecule is CCCCCCCCCCC1(CCC(CC2=CCCCC2)c2ccc(F)c(F)c2)CCCCC1. The van der Waals surface area contributed by atoms with Crippen molar-refractivity contribution in [2.75, 3.05) is 0 Å². The van der Waals surface area contributed by atoms with Crippen LogP contribution in [0.1, 0.15) is 153 Å². The van der Waals surface area contributed by atoms with E-state index in [-0.39, 0.29) is 0 Å². The van der Waals surface area contributed by atoms with Crippen LogP contribution in [0.2, 0.25) is 0 Å². The van der Waals surface area contributed by atoms with Crippen molar-refractivity contribution in [1.29, 1.82) is 0 Å². The third-order valence-electron chi connectivity index (χ3n) is 8.81. The van der Waals surface area contributed by atoms with Gasteiger partial charge in [0, 0.05) is 0 Å². The lowest BCUT2D eigenvalue weighted by Gasteiger charge is -2.39. The predicted octanol–water partition coefficient (Wildman–Crippen LogP) is 11.2. The summed E-state index contributed by atoms with van der Waals surface area (Å²) in [7, 11) is 0. The summed E-state index contributed by atoms with van der Waals surface area (Å²) in [6, 6.07) is 4.66. The van der Waals surface area contributed by atoms with Crippen molar-refractivity contribution in [3.05, 3.63) is 47.0 Å². The van der Waals surface area contributed by atoms with E-state index >= 15 is 0 Å². The van der Waals surface area contributed by atoms with Crippen molar-refractivity contribution in [3.8, 4) is 0 Å². The number of allylic oxidation sites excluding steroid dienone is 2. The molecule has 0 amide bonds. The highest BCUT2D eigenvalue weighted by Gasteiger charge is 2.32. The van der Waals surface area contributed by atoms with Gasteiger partial charge in [0.25, 0.3) is 0 Å². The number of unbranched alkanes of at least 4 members (excludes halogenated alkanes) is 7. The quantitative estimate of drug-likeness (QED) is 0.176. The van der Waals surface area contributed by atoms with Gasteiger partial charge in [0.05, 0.1) is 0 Å². The van der Waals surface area contributed by atoms with Crippen LogP contribution in [-0.4, -0.2) is 0 Å². The second kappa shape index (κ2) is 15.0. The van der Waals surface area contributed by atoms with Gasteiger partial charge in [0.2, 0.25) is 0 Å². The fraction of sp³-hybridized carbons (Fsp3) is 0.750. The first kappa shape index (κ1) is 27.4. The maximum Gasteiger partial charge on any atom is 0.159 e. The second-order valence-corrected chi connectivity index (χ2v) is 11.5. The normalized spacial score (nSPS) is 19.1. The van der Waals surface area contributed by atoms with Crippen LogP contribution in [0.5, 0.6) is 0 Å². The van der Waals surface area contributed by atoms with Crippen molar-refractivity contribution in [2.24, 2.45) is 5.41 Å². The Kier molecular flexibility index (Phi) is 12.1. The fourth-order valence-electron chi connectivity index (χ4n) is 6.60. The van der Waals surface area contributed by atoms with Crippen LogP contribution in [0.25, 0.3) is 0 Å². The van der Waals surface area contributed by atoms with Gasteiger partial charge < -0.3 is 0 Å². The maximum atomic E-state index is 14.1. The van der Waals surface area contributed by atoms with Crippen LogP contribution in [0, 0.1) is 17.0 Å². The van der Waals surface area contributed by atoms with E-state index in [1.165, 1.54) is 134 Å². The van der Waals surface area contributed by atoms with Crippen LogP contribution in [0.15, 0.2) is 29.8 Å². The highest BCUT2D eigenvalue weighted by atomic mass is 19.2. The van der Waals surface area contributed by atoms with E-state index in [9.17, 15) is 8.78 Å². The number of halogens is 2. The molecule has 0 aliphatic heterocycles. The largest absolute Gasteiger partial charge is 0.204 e. The van der Waals surface area contributed by atoms with Crippen molar-refractivity contribution in [1.82, 2.24) is 0 Å². The van der Waals surface area contributed by atoms with Crippen LogP contribution in [0.3, 0.4) is 0 Å². The van der Waals surface area contributed by atoms with E-state index in [2.05, 4.69) is 13.0 Å². The summed E-state index contributed by atoms with van der Waals surface area (Å²) in [4.78, 5) is 0. The van der Waals surface area contributed by atoms with Crippen LogP contribution in [0.4, 0.5) is 8.78 Å².